The van der Waals surface area contributed by atoms with Gasteiger partial charge >= 0.3 is 0 Å². The molecular formula is C9H10Cl2N2. The summed E-state index contributed by atoms with van der Waals surface area (Å²) < 4.78 is 0. The average Bonchev–Trinajstić information content (AvgIpc) is 2.90. The van der Waals surface area contributed by atoms with E-state index >= 15 is 0 Å². The van der Waals surface area contributed by atoms with Crippen LogP contribution in [-0.4, -0.2) is 16.4 Å². The lowest BCUT2D eigenvalue weighted by molar-refractivity contribution is 0.829. The first kappa shape index (κ1) is 9.10. The minimum Gasteiger partial charge on any atom is -0.363 e. The van der Waals surface area contributed by atoms with Gasteiger partial charge in [-0.25, -0.2) is 4.98 Å². The van der Waals surface area contributed by atoms with Gasteiger partial charge in [0.25, 0.3) is 0 Å². The molecular weight excluding hydrogens is 207 g/mol. The maximum atomic E-state index is 5.82. The number of halogens is 2. The third-order valence-electron chi connectivity index (χ3n) is 2.23. The highest BCUT2D eigenvalue weighted by Crippen LogP contribution is 2.39. The van der Waals surface area contributed by atoms with E-state index in [0.29, 0.717) is 10.9 Å². The van der Waals surface area contributed by atoms with Crippen LogP contribution < -0.4 is 5.32 Å². The topological polar surface area (TPSA) is 24.9 Å². The van der Waals surface area contributed by atoms with Crippen molar-refractivity contribution in [2.45, 2.75) is 18.4 Å². The van der Waals surface area contributed by atoms with E-state index in [0.717, 1.165) is 18.7 Å². The molecule has 0 spiro atoms. The van der Waals surface area contributed by atoms with E-state index < -0.39 is 0 Å². The molecule has 1 saturated carbocycles. The Balaban J connectivity index is 2.06. The normalized spacial score (nSPS) is 18.3. The van der Waals surface area contributed by atoms with Crippen LogP contribution in [-0.2, 0) is 0 Å². The van der Waals surface area contributed by atoms with Gasteiger partial charge in [0, 0.05) is 12.1 Å². The zero-order chi connectivity index (χ0) is 9.31. The Morgan fingerprint density at radius 2 is 2.23 bits per heavy atom. The molecule has 0 amide bonds. The molecule has 0 atom stereocenters. The van der Waals surface area contributed by atoms with Crippen molar-refractivity contribution in [2.75, 3.05) is 11.2 Å². The van der Waals surface area contributed by atoms with Crippen molar-refractivity contribution in [3.63, 3.8) is 0 Å². The molecule has 0 saturated heterocycles. The first-order valence-corrected chi connectivity index (χ1v) is 5.11. The third-order valence-corrected chi connectivity index (χ3v) is 2.97. The second kappa shape index (κ2) is 3.35. The molecule has 1 heterocycles. The van der Waals surface area contributed by atoms with Crippen LogP contribution in [0.15, 0.2) is 18.3 Å². The zero-order valence-electron chi connectivity index (χ0n) is 7.06. The van der Waals surface area contributed by atoms with Crippen molar-refractivity contribution in [1.29, 1.82) is 0 Å². The molecule has 0 unspecified atom stereocenters. The van der Waals surface area contributed by atoms with Gasteiger partial charge in [-0.1, -0.05) is 11.6 Å². The van der Waals surface area contributed by atoms with Crippen molar-refractivity contribution < 1.29 is 0 Å². The van der Waals surface area contributed by atoms with E-state index in [1.807, 2.05) is 12.1 Å². The molecule has 1 fully saturated rings. The molecule has 4 heteroatoms. The van der Waals surface area contributed by atoms with Gasteiger partial charge in [0.2, 0.25) is 0 Å². The van der Waals surface area contributed by atoms with E-state index in [-0.39, 0.29) is 5.54 Å². The quantitative estimate of drug-likeness (QED) is 0.787. The van der Waals surface area contributed by atoms with Gasteiger partial charge in [0.1, 0.15) is 5.82 Å². The molecule has 0 radical (unpaired) electrons. The number of hydrogen-bond donors (Lipinski definition) is 1. The third kappa shape index (κ3) is 2.06. The monoisotopic (exact) mass is 216 g/mol. The highest BCUT2D eigenvalue weighted by molar-refractivity contribution is 6.30. The SMILES string of the molecule is ClCC1(Nc2ccc(Cl)cn2)CC1. The van der Waals surface area contributed by atoms with Crippen molar-refractivity contribution in [1.82, 2.24) is 4.98 Å². The van der Waals surface area contributed by atoms with Crippen LogP contribution in [0.1, 0.15) is 12.8 Å². The average molecular weight is 217 g/mol. The summed E-state index contributed by atoms with van der Waals surface area (Å²) in [5, 5.41) is 3.96. The van der Waals surface area contributed by atoms with E-state index in [1.165, 1.54) is 0 Å². The van der Waals surface area contributed by atoms with Gasteiger partial charge in [0.05, 0.1) is 10.6 Å². The van der Waals surface area contributed by atoms with Gasteiger partial charge in [-0.3, -0.25) is 0 Å². The Labute approximate surface area is 87.3 Å². The number of rotatable bonds is 3. The minimum atomic E-state index is 0.0996. The Morgan fingerprint density at radius 3 is 2.69 bits per heavy atom. The van der Waals surface area contributed by atoms with Gasteiger partial charge in [0.15, 0.2) is 0 Å². The Morgan fingerprint density at radius 1 is 1.46 bits per heavy atom. The van der Waals surface area contributed by atoms with Crippen molar-refractivity contribution in [2.24, 2.45) is 0 Å². The van der Waals surface area contributed by atoms with Crippen LogP contribution in [0.3, 0.4) is 0 Å². The lowest BCUT2D eigenvalue weighted by atomic mass is 10.3. The highest BCUT2D eigenvalue weighted by atomic mass is 35.5. The van der Waals surface area contributed by atoms with Gasteiger partial charge in [-0.15, -0.1) is 11.6 Å². The van der Waals surface area contributed by atoms with Gasteiger partial charge in [-0.05, 0) is 25.0 Å². The van der Waals surface area contributed by atoms with E-state index in [2.05, 4.69) is 10.3 Å². The molecule has 1 N–H and O–H groups in total. The van der Waals surface area contributed by atoms with Crippen molar-refractivity contribution in [3.8, 4) is 0 Å². The van der Waals surface area contributed by atoms with E-state index in [1.54, 1.807) is 6.20 Å². The summed E-state index contributed by atoms with van der Waals surface area (Å²) in [6.07, 6.45) is 3.88. The molecule has 2 nitrogen and oxygen atoms in total. The Bertz CT molecular complexity index is 293. The lowest BCUT2D eigenvalue weighted by Crippen LogP contribution is -2.23. The molecule has 2 rings (SSSR count). The predicted molar refractivity (Wildman–Crippen MR) is 55.6 cm³/mol. The van der Waals surface area contributed by atoms with Crippen molar-refractivity contribution in [3.05, 3.63) is 23.4 Å². The minimum absolute atomic E-state index is 0.0996. The predicted octanol–water partition coefficient (Wildman–Crippen LogP) is 2.92. The van der Waals surface area contributed by atoms with Crippen LogP contribution in [0, 0.1) is 0 Å². The number of pyridine rings is 1. The standard InChI is InChI=1S/C9H10Cl2N2/c10-6-9(3-4-9)13-8-2-1-7(11)5-12-8/h1-2,5H,3-4,6H2,(H,12,13). The van der Waals surface area contributed by atoms with Crippen LogP contribution in [0.4, 0.5) is 5.82 Å². The smallest absolute Gasteiger partial charge is 0.126 e. The fourth-order valence-electron chi connectivity index (χ4n) is 1.16. The number of aromatic nitrogens is 1. The maximum absolute atomic E-state index is 5.82. The molecule has 1 aliphatic carbocycles. The second-order valence-corrected chi connectivity index (χ2v) is 4.10. The molecule has 0 bridgehead atoms. The first-order chi connectivity index (χ1) is 6.24. The zero-order valence-corrected chi connectivity index (χ0v) is 8.57. The molecule has 0 aromatic carbocycles. The van der Waals surface area contributed by atoms with E-state index in [9.17, 15) is 0 Å². The molecule has 1 aromatic rings. The number of alkyl halides is 1. The molecule has 1 aromatic heterocycles. The molecule has 1 aliphatic rings. The highest BCUT2D eigenvalue weighted by Gasteiger charge is 2.41. The summed E-state index contributed by atoms with van der Waals surface area (Å²) in [6, 6.07) is 3.69. The molecule has 70 valence electrons. The lowest BCUT2D eigenvalue weighted by Gasteiger charge is -2.14. The van der Waals surface area contributed by atoms with Gasteiger partial charge < -0.3 is 5.32 Å². The summed E-state index contributed by atoms with van der Waals surface area (Å²) in [5.74, 6) is 1.49. The van der Waals surface area contributed by atoms with Crippen LogP contribution in [0.2, 0.25) is 5.02 Å². The number of nitrogens with one attached hydrogen (secondary N) is 1. The Hall–Kier alpha value is -0.470. The molecule has 13 heavy (non-hydrogen) atoms. The number of nitrogens with zero attached hydrogens (tertiary/aromatic N) is 1. The summed E-state index contributed by atoms with van der Waals surface area (Å²) in [5.41, 5.74) is 0.0996. The Kier molecular flexibility index (Phi) is 2.35. The fraction of sp³-hybridized carbons (Fsp3) is 0.444. The van der Waals surface area contributed by atoms with E-state index in [4.69, 9.17) is 23.2 Å². The summed E-state index contributed by atoms with van der Waals surface area (Å²) >= 11 is 11.5. The largest absolute Gasteiger partial charge is 0.363 e. The maximum Gasteiger partial charge on any atom is 0.126 e. The van der Waals surface area contributed by atoms with Crippen LogP contribution in [0.5, 0.6) is 0 Å². The summed E-state index contributed by atoms with van der Waals surface area (Å²) in [6.45, 7) is 0. The van der Waals surface area contributed by atoms with Crippen LogP contribution in [0.25, 0.3) is 0 Å². The second-order valence-electron chi connectivity index (χ2n) is 3.40. The summed E-state index contributed by atoms with van der Waals surface area (Å²) in [7, 11) is 0. The molecule has 0 aliphatic heterocycles. The number of anilines is 1. The summed E-state index contributed by atoms with van der Waals surface area (Å²) in [4.78, 5) is 4.15. The van der Waals surface area contributed by atoms with Crippen molar-refractivity contribution >= 4 is 29.0 Å². The number of hydrogen-bond acceptors (Lipinski definition) is 2. The first-order valence-electron chi connectivity index (χ1n) is 4.20. The van der Waals surface area contributed by atoms with Crippen LogP contribution >= 0.6 is 23.2 Å². The fourth-order valence-corrected chi connectivity index (χ4v) is 1.61. The van der Waals surface area contributed by atoms with Gasteiger partial charge in [-0.2, -0.15) is 0 Å².